The van der Waals surface area contributed by atoms with Crippen LogP contribution in [0.3, 0.4) is 0 Å². The summed E-state index contributed by atoms with van der Waals surface area (Å²) in [5, 5.41) is 18.4. The van der Waals surface area contributed by atoms with Crippen LogP contribution < -0.4 is 10.6 Å². The molecule has 1 aliphatic carbocycles. The summed E-state index contributed by atoms with van der Waals surface area (Å²) in [5.41, 5.74) is 2.35. The van der Waals surface area contributed by atoms with Gasteiger partial charge in [-0.15, -0.1) is 0 Å². The number of aromatic nitrogens is 4. The van der Waals surface area contributed by atoms with Crippen LogP contribution in [0, 0.1) is 19.8 Å². The summed E-state index contributed by atoms with van der Waals surface area (Å²) in [6, 6.07) is 9.54. The van der Waals surface area contributed by atoms with Gasteiger partial charge < -0.3 is 10.6 Å². The van der Waals surface area contributed by atoms with Gasteiger partial charge in [-0.05, 0) is 44.7 Å². The molecular formula is C23H30N6O2. The topological polar surface area (TPSA) is 105 Å². The molecular weight excluding hydrogens is 392 g/mol. The van der Waals surface area contributed by atoms with E-state index in [4.69, 9.17) is 0 Å². The molecule has 0 bridgehead atoms. The van der Waals surface area contributed by atoms with E-state index in [0.29, 0.717) is 25.1 Å². The Morgan fingerprint density at radius 2 is 1.97 bits per heavy atom. The Hall–Kier alpha value is -3.16. The summed E-state index contributed by atoms with van der Waals surface area (Å²) in [6.45, 7) is 7.36. The highest BCUT2D eigenvalue weighted by Crippen LogP contribution is 2.31. The van der Waals surface area contributed by atoms with E-state index in [1.165, 1.54) is 0 Å². The second kappa shape index (κ2) is 8.53. The number of aromatic amines is 1. The molecule has 0 unspecified atom stereocenters. The van der Waals surface area contributed by atoms with Crippen LogP contribution >= 0.6 is 0 Å². The van der Waals surface area contributed by atoms with Gasteiger partial charge in [0.25, 0.3) is 5.91 Å². The van der Waals surface area contributed by atoms with Crippen molar-refractivity contribution in [2.75, 3.05) is 6.54 Å². The molecule has 2 aromatic heterocycles. The summed E-state index contributed by atoms with van der Waals surface area (Å²) < 4.78 is 1.97. The highest BCUT2D eigenvalue weighted by atomic mass is 16.2. The van der Waals surface area contributed by atoms with Crippen LogP contribution in [0.4, 0.5) is 0 Å². The molecule has 1 saturated carbocycles. The first-order valence-corrected chi connectivity index (χ1v) is 10.9. The number of fused-ring (bicyclic) bond motifs is 1. The number of amides is 2. The van der Waals surface area contributed by atoms with Crippen LogP contribution in [-0.2, 0) is 11.3 Å². The molecule has 164 valence electrons. The molecule has 0 aliphatic heterocycles. The molecule has 0 spiro atoms. The average Bonchev–Trinajstić information content (AvgIpc) is 3.45. The lowest BCUT2D eigenvalue weighted by Crippen LogP contribution is -2.57. The zero-order valence-corrected chi connectivity index (χ0v) is 18.4. The van der Waals surface area contributed by atoms with Crippen LogP contribution in [0.5, 0.6) is 0 Å². The Bertz CT molecular complexity index is 1090. The Balaban J connectivity index is 1.41. The van der Waals surface area contributed by atoms with Crippen LogP contribution in [-0.4, -0.2) is 43.9 Å². The van der Waals surface area contributed by atoms with Gasteiger partial charge in [-0.2, -0.15) is 10.2 Å². The van der Waals surface area contributed by atoms with Crippen LogP contribution in [0.15, 0.2) is 30.3 Å². The van der Waals surface area contributed by atoms with Gasteiger partial charge in [-0.25, -0.2) is 0 Å². The highest BCUT2D eigenvalue weighted by Gasteiger charge is 2.43. The number of carbonyl (C=O) groups is 2. The molecule has 1 aliphatic rings. The Morgan fingerprint density at radius 1 is 1.23 bits per heavy atom. The fourth-order valence-electron chi connectivity index (χ4n) is 4.46. The van der Waals surface area contributed by atoms with Crippen LogP contribution in [0.1, 0.15) is 54.5 Å². The number of benzene rings is 1. The van der Waals surface area contributed by atoms with Crippen molar-refractivity contribution in [3.63, 3.8) is 0 Å². The second-order valence-electron chi connectivity index (χ2n) is 8.79. The number of aryl methyl sites for hydroxylation is 2. The molecule has 8 nitrogen and oxygen atoms in total. The number of nitrogens with zero attached hydrogens (tertiary/aromatic N) is 3. The number of nitrogens with one attached hydrogen (secondary N) is 3. The average molecular weight is 423 g/mol. The smallest absolute Gasteiger partial charge is 0.273 e. The number of para-hydroxylation sites is 1. The second-order valence-corrected chi connectivity index (χ2v) is 8.79. The molecule has 2 heterocycles. The third kappa shape index (κ3) is 4.33. The third-order valence-electron chi connectivity index (χ3n) is 6.13. The maximum absolute atomic E-state index is 13.2. The van der Waals surface area contributed by atoms with Crippen molar-refractivity contribution in [2.24, 2.45) is 5.92 Å². The van der Waals surface area contributed by atoms with Crippen LogP contribution in [0.25, 0.3) is 10.9 Å². The first kappa shape index (κ1) is 21.1. The molecule has 2 amide bonds. The van der Waals surface area contributed by atoms with Crippen LogP contribution in [0.2, 0.25) is 0 Å². The van der Waals surface area contributed by atoms with Gasteiger partial charge in [0.2, 0.25) is 5.91 Å². The maximum atomic E-state index is 13.2. The molecule has 1 fully saturated rings. The minimum absolute atomic E-state index is 0.113. The van der Waals surface area contributed by atoms with E-state index in [9.17, 15) is 9.59 Å². The lowest BCUT2D eigenvalue weighted by atomic mass is 9.95. The van der Waals surface area contributed by atoms with E-state index >= 15 is 0 Å². The van der Waals surface area contributed by atoms with E-state index in [1.54, 1.807) is 0 Å². The van der Waals surface area contributed by atoms with Crippen molar-refractivity contribution in [1.82, 2.24) is 30.6 Å². The fourth-order valence-corrected chi connectivity index (χ4v) is 4.46. The van der Waals surface area contributed by atoms with E-state index in [0.717, 1.165) is 41.7 Å². The molecule has 0 radical (unpaired) electrons. The summed E-state index contributed by atoms with van der Waals surface area (Å²) in [7, 11) is 0. The molecule has 0 saturated heterocycles. The standard InChI is InChI=1S/C23H30N6O2/c1-15(14-29-17(3)12-16(2)28-29)13-24-22(31)23(10-6-7-11-23)25-21(30)20-18-8-4-5-9-19(18)26-27-20/h4-5,8-9,12,15H,6-7,10-11,13-14H2,1-3H3,(H,24,31)(H,25,30)(H,26,27)/t15-/m0/s1. The first-order valence-electron chi connectivity index (χ1n) is 10.9. The van der Waals surface area contributed by atoms with E-state index in [2.05, 4.69) is 32.9 Å². The Morgan fingerprint density at radius 3 is 2.68 bits per heavy atom. The number of H-pyrrole nitrogens is 1. The predicted molar refractivity (Wildman–Crippen MR) is 119 cm³/mol. The van der Waals surface area contributed by atoms with E-state index < -0.39 is 5.54 Å². The van der Waals surface area contributed by atoms with Crippen molar-refractivity contribution in [1.29, 1.82) is 0 Å². The molecule has 1 aromatic carbocycles. The number of hydrogen-bond acceptors (Lipinski definition) is 4. The summed E-state index contributed by atoms with van der Waals surface area (Å²) in [5.74, 6) is -0.213. The molecule has 8 heteroatoms. The summed E-state index contributed by atoms with van der Waals surface area (Å²) >= 11 is 0. The van der Waals surface area contributed by atoms with Gasteiger partial charge in [0.15, 0.2) is 5.69 Å². The highest BCUT2D eigenvalue weighted by molar-refractivity contribution is 6.06. The molecule has 1 atom stereocenters. The first-order chi connectivity index (χ1) is 14.9. The third-order valence-corrected chi connectivity index (χ3v) is 6.13. The lowest BCUT2D eigenvalue weighted by Gasteiger charge is -2.29. The number of hydrogen-bond donors (Lipinski definition) is 3. The van der Waals surface area contributed by atoms with Gasteiger partial charge >= 0.3 is 0 Å². The Kier molecular flexibility index (Phi) is 5.80. The molecule has 4 rings (SSSR count). The summed E-state index contributed by atoms with van der Waals surface area (Å²) in [6.07, 6.45) is 3.10. The molecule has 3 N–H and O–H groups in total. The van der Waals surface area contributed by atoms with Crippen molar-refractivity contribution in [3.05, 3.63) is 47.4 Å². The zero-order valence-electron chi connectivity index (χ0n) is 18.4. The lowest BCUT2D eigenvalue weighted by molar-refractivity contribution is -0.127. The quantitative estimate of drug-likeness (QED) is 0.544. The minimum Gasteiger partial charge on any atom is -0.354 e. The predicted octanol–water partition coefficient (Wildman–Crippen LogP) is 2.87. The number of rotatable bonds is 7. The maximum Gasteiger partial charge on any atom is 0.273 e. The van der Waals surface area contributed by atoms with Gasteiger partial charge in [0.05, 0.1) is 11.2 Å². The van der Waals surface area contributed by atoms with Crippen molar-refractivity contribution < 1.29 is 9.59 Å². The molecule has 3 aromatic rings. The zero-order chi connectivity index (χ0) is 22.0. The van der Waals surface area contributed by atoms with Gasteiger partial charge in [0.1, 0.15) is 5.54 Å². The monoisotopic (exact) mass is 422 g/mol. The number of carbonyl (C=O) groups excluding carboxylic acids is 2. The minimum atomic E-state index is -0.880. The van der Waals surface area contributed by atoms with Crippen molar-refractivity contribution in [3.8, 4) is 0 Å². The van der Waals surface area contributed by atoms with E-state index in [1.807, 2.05) is 48.9 Å². The Labute approximate surface area is 181 Å². The van der Waals surface area contributed by atoms with Crippen molar-refractivity contribution in [2.45, 2.75) is 58.5 Å². The van der Waals surface area contributed by atoms with Gasteiger partial charge in [-0.1, -0.05) is 38.0 Å². The molecule has 31 heavy (non-hydrogen) atoms. The van der Waals surface area contributed by atoms with E-state index in [-0.39, 0.29) is 17.7 Å². The normalized spacial score (nSPS) is 16.4. The SMILES string of the molecule is Cc1cc(C)n(C[C@@H](C)CNC(=O)C2(NC(=O)c3n[nH]c4ccccc34)CCCC2)n1. The van der Waals surface area contributed by atoms with Gasteiger partial charge in [0, 0.05) is 24.2 Å². The summed E-state index contributed by atoms with van der Waals surface area (Å²) in [4.78, 5) is 26.2. The van der Waals surface area contributed by atoms with Crippen molar-refractivity contribution >= 4 is 22.7 Å². The largest absolute Gasteiger partial charge is 0.354 e. The fraction of sp³-hybridized carbons (Fsp3) is 0.478. The van der Waals surface area contributed by atoms with Gasteiger partial charge in [-0.3, -0.25) is 19.4 Å².